The molecule has 1 saturated heterocycles. The van der Waals surface area contributed by atoms with Crippen molar-refractivity contribution in [2.75, 3.05) is 43.6 Å². The molecule has 1 amide bonds. The zero-order valence-electron chi connectivity index (χ0n) is 15.5. The number of ether oxygens (including phenoxy) is 1. The van der Waals surface area contributed by atoms with E-state index in [0.717, 1.165) is 38.5 Å². The summed E-state index contributed by atoms with van der Waals surface area (Å²) in [6.07, 6.45) is 0. The number of likely N-dealkylation sites (N-methyl/N-ethyl adjacent to an activating group) is 1. The predicted octanol–water partition coefficient (Wildman–Crippen LogP) is 2.98. The molecule has 2 aromatic carbocycles. The van der Waals surface area contributed by atoms with E-state index in [0.29, 0.717) is 0 Å². The Balaban J connectivity index is 1.65. The highest BCUT2D eigenvalue weighted by atomic mass is 16.5. The topological polar surface area (TPSA) is 44.8 Å². The highest BCUT2D eigenvalue weighted by molar-refractivity contribution is 5.94. The lowest BCUT2D eigenvalue weighted by Gasteiger charge is -2.32. The van der Waals surface area contributed by atoms with E-state index in [1.54, 1.807) is 0 Å². The summed E-state index contributed by atoms with van der Waals surface area (Å²) >= 11 is 0. The Bertz CT molecular complexity index is 714. The van der Waals surface area contributed by atoms with Crippen LogP contribution in [0.4, 0.5) is 11.4 Å². The first-order valence-electron chi connectivity index (χ1n) is 9.12. The molecule has 0 spiro atoms. The summed E-state index contributed by atoms with van der Waals surface area (Å²) in [5.41, 5.74) is 3.29. The second kappa shape index (κ2) is 8.83. The van der Waals surface area contributed by atoms with Crippen LogP contribution in [0, 0.1) is 0 Å². The summed E-state index contributed by atoms with van der Waals surface area (Å²) in [4.78, 5) is 17.0. The Labute approximate surface area is 155 Å². The van der Waals surface area contributed by atoms with Crippen LogP contribution in [0.25, 0.3) is 0 Å². The quantitative estimate of drug-likeness (QED) is 0.867. The fourth-order valence-corrected chi connectivity index (χ4v) is 3.13. The van der Waals surface area contributed by atoms with Crippen molar-refractivity contribution >= 4 is 17.3 Å². The smallest absolute Gasteiger partial charge is 0.241 e. The fourth-order valence-electron chi connectivity index (χ4n) is 3.13. The molecule has 0 aliphatic carbocycles. The number of hydrogen-bond acceptors (Lipinski definition) is 4. The number of nitrogens with zero attached hydrogens (tertiary/aromatic N) is 2. The summed E-state index contributed by atoms with van der Waals surface area (Å²) in [5, 5.41) is 2.98. The SMILES string of the molecule is C[C@H](C(=O)Nc1ccccc1)N(C)Cc1ccccc1N1CCOCC1. The van der Waals surface area contributed by atoms with Gasteiger partial charge in [0, 0.05) is 31.0 Å². The monoisotopic (exact) mass is 353 g/mol. The maximum absolute atomic E-state index is 12.6. The zero-order valence-corrected chi connectivity index (χ0v) is 15.5. The van der Waals surface area contributed by atoms with Crippen LogP contribution in [0.1, 0.15) is 12.5 Å². The second-order valence-corrected chi connectivity index (χ2v) is 6.67. The third-order valence-electron chi connectivity index (χ3n) is 4.85. The van der Waals surface area contributed by atoms with Gasteiger partial charge in [-0.15, -0.1) is 0 Å². The van der Waals surface area contributed by atoms with Gasteiger partial charge in [0.05, 0.1) is 19.3 Å². The molecule has 5 nitrogen and oxygen atoms in total. The number of morpholine rings is 1. The summed E-state index contributed by atoms with van der Waals surface area (Å²) in [5.74, 6) is 0.00236. The van der Waals surface area contributed by atoms with Gasteiger partial charge in [-0.25, -0.2) is 0 Å². The van der Waals surface area contributed by atoms with Gasteiger partial charge in [-0.05, 0) is 37.7 Å². The lowest BCUT2D eigenvalue weighted by Crippen LogP contribution is -2.40. The molecule has 1 N–H and O–H groups in total. The first-order valence-corrected chi connectivity index (χ1v) is 9.12. The maximum Gasteiger partial charge on any atom is 0.241 e. The van der Waals surface area contributed by atoms with E-state index in [1.165, 1.54) is 11.3 Å². The molecule has 1 atom stereocenters. The summed E-state index contributed by atoms with van der Waals surface area (Å²) in [6, 6.07) is 17.8. The van der Waals surface area contributed by atoms with Crippen molar-refractivity contribution in [3.8, 4) is 0 Å². The van der Waals surface area contributed by atoms with Crippen molar-refractivity contribution in [3.63, 3.8) is 0 Å². The molecule has 5 heteroatoms. The Hall–Kier alpha value is -2.37. The standard InChI is InChI=1S/C21H27N3O2/c1-17(21(25)22-19-9-4-3-5-10-19)23(2)16-18-8-6-7-11-20(18)24-12-14-26-15-13-24/h3-11,17H,12-16H2,1-2H3,(H,22,25)/t17-/m1/s1. The molecule has 1 aliphatic heterocycles. The summed E-state index contributed by atoms with van der Waals surface area (Å²) in [7, 11) is 1.99. The minimum Gasteiger partial charge on any atom is -0.378 e. The van der Waals surface area contributed by atoms with Crippen molar-refractivity contribution in [2.24, 2.45) is 0 Å². The van der Waals surface area contributed by atoms with E-state index in [9.17, 15) is 4.79 Å². The van der Waals surface area contributed by atoms with Crippen LogP contribution in [0.15, 0.2) is 54.6 Å². The van der Waals surface area contributed by atoms with Crippen molar-refractivity contribution in [2.45, 2.75) is 19.5 Å². The van der Waals surface area contributed by atoms with E-state index >= 15 is 0 Å². The number of rotatable bonds is 6. The van der Waals surface area contributed by atoms with Gasteiger partial charge in [0.2, 0.25) is 5.91 Å². The van der Waals surface area contributed by atoms with Gasteiger partial charge in [-0.1, -0.05) is 36.4 Å². The third-order valence-corrected chi connectivity index (χ3v) is 4.85. The second-order valence-electron chi connectivity index (χ2n) is 6.67. The van der Waals surface area contributed by atoms with Gasteiger partial charge in [0.15, 0.2) is 0 Å². The Kier molecular flexibility index (Phi) is 6.26. The molecule has 0 bridgehead atoms. The molecule has 1 heterocycles. The lowest BCUT2D eigenvalue weighted by molar-refractivity contribution is -0.120. The number of carbonyl (C=O) groups excluding carboxylic acids is 1. The summed E-state index contributed by atoms with van der Waals surface area (Å²) < 4.78 is 5.46. The number of anilines is 2. The average Bonchev–Trinajstić information content (AvgIpc) is 2.69. The largest absolute Gasteiger partial charge is 0.378 e. The van der Waals surface area contributed by atoms with E-state index in [4.69, 9.17) is 4.74 Å². The van der Waals surface area contributed by atoms with Gasteiger partial charge < -0.3 is 15.0 Å². The van der Waals surface area contributed by atoms with Crippen LogP contribution < -0.4 is 10.2 Å². The van der Waals surface area contributed by atoms with Crippen molar-refractivity contribution in [1.29, 1.82) is 0 Å². The predicted molar refractivity (Wildman–Crippen MR) is 105 cm³/mol. The van der Waals surface area contributed by atoms with Gasteiger partial charge in [-0.2, -0.15) is 0 Å². The normalized spacial score (nSPS) is 15.7. The van der Waals surface area contributed by atoms with E-state index < -0.39 is 0 Å². The first kappa shape index (κ1) is 18.4. The molecule has 0 aromatic heterocycles. The highest BCUT2D eigenvalue weighted by Crippen LogP contribution is 2.23. The number of carbonyl (C=O) groups is 1. The van der Waals surface area contributed by atoms with Crippen LogP contribution >= 0.6 is 0 Å². The van der Waals surface area contributed by atoms with Crippen LogP contribution in [-0.2, 0) is 16.1 Å². The average molecular weight is 353 g/mol. The molecular weight excluding hydrogens is 326 g/mol. The van der Waals surface area contributed by atoms with E-state index in [2.05, 4.69) is 39.4 Å². The van der Waals surface area contributed by atoms with Gasteiger partial charge in [-0.3, -0.25) is 9.69 Å². The van der Waals surface area contributed by atoms with Crippen LogP contribution in [-0.4, -0.2) is 50.2 Å². The number of amides is 1. The first-order chi connectivity index (χ1) is 12.6. The number of hydrogen-bond donors (Lipinski definition) is 1. The van der Waals surface area contributed by atoms with Crippen molar-refractivity contribution in [3.05, 3.63) is 60.2 Å². The molecular formula is C21H27N3O2. The third kappa shape index (κ3) is 4.62. The van der Waals surface area contributed by atoms with Crippen LogP contribution in [0.3, 0.4) is 0 Å². The minimum absolute atomic E-state index is 0.00236. The Morgan fingerprint density at radius 2 is 1.77 bits per heavy atom. The highest BCUT2D eigenvalue weighted by Gasteiger charge is 2.21. The van der Waals surface area contributed by atoms with Gasteiger partial charge in [0.1, 0.15) is 0 Å². The van der Waals surface area contributed by atoms with Crippen molar-refractivity contribution < 1.29 is 9.53 Å². The minimum atomic E-state index is -0.229. The van der Waals surface area contributed by atoms with Crippen LogP contribution in [0.2, 0.25) is 0 Å². The number of nitrogens with one attached hydrogen (secondary N) is 1. The van der Waals surface area contributed by atoms with Gasteiger partial charge in [0.25, 0.3) is 0 Å². The molecule has 0 saturated carbocycles. The zero-order chi connectivity index (χ0) is 18.4. The molecule has 2 aromatic rings. The van der Waals surface area contributed by atoms with Crippen molar-refractivity contribution in [1.82, 2.24) is 4.90 Å². The molecule has 138 valence electrons. The molecule has 26 heavy (non-hydrogen) atoms. The molecule has 0 unspecified atom stereocenters. The molecule has 1 aliphatic rings. The van der Waals surface area contributed by atoms with Gasteiger partial charge >= 0.3 is 0 Å². The molecule has 1 fully saturated rings. The van der Waals surface area contributed by atoms with E-state index in [1.807, 2.05) is 44.3 Å². The Morgan fingerprint density at radius 3 is 2.50 bits per heavy atom. The molecule has 0 radical (unpaired) electrons. The number of benzene rings is 2. The van der Waals surface area contributed by atoms with E-state index in [-0.39, 0.29) is 11.9 Å². The molecule has 3 rings (SSSR count). The number of para-hydroxylation sites is 2. The fraction of sp³-hybridized carbons (Fsp3) is 0.381. The Morgan fingerprint density at radius 1 is 1.12 bits per heavy atom. The summed E-state index contributed by atoms with van der Waals surface area (Å²) in [6.45, 7) is 6.00. The van der Waals surface area contributed by atoms with Crippen LogP contribution in [0.5, 0.6) is 0 Å². The lowest BCUT2D eigenvalue weighted by atomic mass is 10.1. The maximum atomic E-state index is 12.6.